The second kappa shape index (κ2) is 5.85. The summed E-state index contributed by atoms with van der Waals surface area (Å²) in [7, 11) is 1.58. The first kappa shape index (κ1) is 12.9. The minimum atomic E-state index is 0.0769. The Hall–Kier alpha value is -1.58. The van der Waals surface area contributed by atoms with E-state index in [0.29, 0.717) is 18.0 Å². The molecule has 1 aromatic rings. The number of ketones is 1. The van der Waals surface area contributed by atoms with E-state index in [1.54, 1.807) is 18.0 Å². The van der Waals surface area contributed by atoms with Crippen LogP contribution in [0.25, 0.3) is 0 Å². The summed E-state index contributed by atoms with van der Waals surface area (Å²) in [5.41, 5.74) is 1.51. The lowest BCUT2D eigenvalue weighted by molar-refractivity contribution is 0.101. The Morgan fingerprint density at radius 1 is 1.44 bits per heavy atom. The summed E-state index contributed by atoms with van der Waals surface area (Å²) in [5, 5.41) is 4.19. The van der Waals surface area contributed by atoms with Gasteiger partial charge in [0.05, 0.1) is 13.3 Å². The highest BCUT2D eigenvalue weighted by Crippen LogP contribution is 2.25. The van der Waals surface area contributed by atoms with Crippen LogP contribution in [0.4, 0.5) is 0 Å². The van der Waals surface area contributed by atoms with Crippen LogP contribution in [0.2, 0.25) is 0 Å². The Kier molecular flexibility index (Phi) is 4.18. The molecule has 18 heavy (non-hydrogen) atoms. The summed E-state index contributed by atoms with van der Waals surface area (Å²) in [6.07, 6.45) is 9.06. The van der Waals surface area contributed by atoms with Gasteiger partial charge in [0.25, 0.3) is 0 Å². The first-order chi connectivity index (χ1) is 8.77. The highest BCUT2D eigenvalue weighted by molar-refractivity contribution is 6.09. The van der Waals surface area contributed by atoms with Crippen LogP contribution in [0.1, 0.15) is 49.5 Å². The first-order valence-electron chi connectivity index (χ1n) is 6.61. The molecule has 2 rings (SSSR count). The molecule has 0 atom stereocenters. The molecule has 0 radical (unpaired) electrons. The smallest absolute Gasteiger partial charge is 0.210 e. The number of carbonyl (C=O) groups is 1. The van der Waals surface area contributed by atoms with Gasteiger partial charge in [0.15, 0.2) is 11.4 Å². The average Bonchev–Trinajstić information content (AvgIpc) is 2.62. The average molecular weight is 248 g/mol. The number of nitrogens with zero attached hydrogens (tertiary/aromatic N) is 2. The van der Waals surface area contributed by atoms with Gasteiger partial charge in [0.2, 0.25) is 5.78 Å². The quantitative estimate of drug-likeness (QED) is 0.769. The van der Waals surface area contributed by atoms with Crippen molar-refractivity contribution in [3.05, 3.63) is 23.5 Å². The van der Waals surface area contributed by atoms with Gasteiger partial charge in [0, 0.05) is 6.54 Å². The third kappa shape index (κ3) is 2.47. The Morgan fingerprint density at radius 3 is 3.00 bits per heavy atom. The molecule has 1 heterocycles. The number of allylic oxidation sites excluding steroid dienone is 2. The van der Waals surface area contributed by atoms with E-state index in [0.717, 1.165) is 24.8 Å². The van der Waals surface area contributed by atoms with Crippen LogP contribution in [0.15, 0.2) is 17.8 Å². The van der Waals surface area contributed by atoms with Crippen molar-refractivity contribution in [3.8, 4) is 5.75 Å². The van der Waals surface area contributed by atoms with Crippen LogP contribution in [0, 0.1) is 0 Å². The van der Waals surface area contributed by atoms with Crippen molar-refractivity contribution >= 4 is 5.78 Å². The summed E-state index contributed by atoms with van der Waals surface area (Å²) in [6.45, 7) is 2.66. The summed E-state index contributed by atoms with van der Waals surface area (Å²) in [5.74, 6) is 0.653. The predicted molar refractivity (Wildman–Crippen MR) is 70.0 cm³/mol. The molecule has 0 fully saturated rings. The lowest BCUT2D eigenvalue weighted by atomic mass is 10.0. The van der Waals surface area contributed by atoms with Crippen molar-refractivity contribution in [2.45, 2.75) is 45.6 Å². The molecule has 0 aromatic carbocycles. The molecule has 4 nitrogen and oxygen atoms in total. The topological polar surface area (TPSA) is 44.1 Å². The number of aromatic nitrogens is 2. The lowest BCUT2D eigenvalue weighted by Crippen LogP contribution is -2.12. The van der Waals surface area contributed by atoms with Crippen molar-refractivity contribution < 1.29 is 9.53 Å². The van der Waals surface area contributed by atoms with Crippen molar-refractivity contribution in [2.24, 2.45) is 0 Å². The Labute approximate surface area is 108 Å². The van der Waals surface area contributed by atoms with E-state index >= 15 is 0 Å². The number of ether oxygens (including phenoxy) is 1. The molecule has 1 aromatic heterocycles. The predicted octanol–water partition coefficient (Wildman–Crippen LogP) is 2.98. The van der Waals surface area contributed by atoms with E-state index in [2.05, 4.69) is 11.2 Å². The Morgan fingerprint density at radius 2 is 2.28 bits per heavy atom. The molecule has 98 valence electrons. The molecule has 0 aliphatic heterocycles. The Balaban J connectivity index is 2.32. The molecule has 0 spiro atoms. The molecule has 0 saturated heterocycles. The molecular weight excluding hydrogens is 228 g/mol. The maximum absolute atomic E-state index is 12.6. The van der Waals surface area contributed by atoms with Gasteiger partial charge < -0.3 is 4.74 Å². The molecule has 0 unspecified atom stereocenters. The van der Waals surface area contributed by atoms with Gasteiger partial charge in [0.1, 0.15) is 0 Å². The molecule has 1 aliphatic rings. The Bertz CT molecular complexity index is 439. The number of Topliss-reactive ketones (excluding diaryl/α,β-unsaturated/α-hetero) is 1. The van der Waals surface area contributed by atoms with E-state index in [9.17, 15) is 4.79 Å². The monoisotopic (exact) mass is 248 g/mol. The van der Waals surface area contributed by atoms with Crippen molar-refractivity contribution in [2.75, 3.05) is 7.11 Å². The van der Waals surface area contributed by atoms with Crippen molar-refractivity contribution in [1.82, 2.24) is 9.78 Å². The van der Waals surface area contributed by atoms with E-state index < -0.39 is 0 Å². The molecule has 0 N–H and O–H groups in total. The van der Waals surface area contributed by atoms with Crippen LogP contribution in [0.5, 0.6) is 5.75 Å². The largest absolute Gasteiger partial charge is 0.493 e. The second-order valence-corrected chi connectivity index (χ2v) is 4.54. The molecule has 0 bridgehead atoms. The zero-order valence-corrected chi connectivity index (χ0v) is 11.1. The van der Waals surface area contributed by atoms with E-state index in [-0.39, 0.29) is 5.78 Å². The van der Waals surface area contributed by atoms with Gasteiger partial charge >= 0.3 is 0 Å². The number of carbonyl (C=O) groups excluding carboxylic acids is 1. The molecule has 4 heteroatoms. The summed E-state index contributed by atoms with van der Waals surface area (Å²) in [6, 6.07) is 0. The van der Waals surface area contributed by atoms with Crippen LogP contribution in [-0.4, -0.2) is 22.7 Å². The van der Waals surface area contributed by atoms with E-state index in [1.807, 2.05) is 6.92 Å². The minimum absolute atomic E-state index is 0.0769. The van der Waals surface area contributed by atoms with Gasteiger partial charge in [-0.15, -0.1) is 0 Å². The van der Waals surface area contributed by atoms with Crippen LogP contribution in [0.3, 0.4) is 0 Å². The zero-order valence-electron chi connectivity index (χ0n) is 11.1. The number of hydrogen-bond acceptors (Lipinski definition) is 3. The van der Waals surface area contributed by atoms with Gasteiger partial charge in [-0.2, -0.15) is 5.10 Å². The SMILES string of the molecule is CCn1ncc(OC)c1C(=O)C1=CCCCCC1. The van der Waals surface area contributed by atoms with Gasteiger partial charge in [-0.1, -0.05) is 12.5 Å². The van der Waals surface area contributed by atoms with Crippen LogP contribution in [-0.2, 0) is 6.54 Å². The second-order valence-electron chi connectivity index (χ2n) is 4.54. The highest BCUT2D eigenvalue weighted by Gasteiger charge is 2.22. The van der Waals surface area contributed by atoms with E-state index in [4.69, 9.17) is 4.74 Å². The molecule has 0 saturated carbocycles. The van der Waals surface area contributed by atoms with Crippen molar-refractivity contribution in [1.29, 1.82) is 0 Å². The minimum Gasteiger partial charge on any atom is -0.493 e. The summed E-state index contributed by atoms with van der Waals surface area (Å²) < 4.78 is 6.95. The fourth-order valence-electron chi connectivity index (χ4n) is 2.36. The normalized spacial score (nSPS) is 16.0. The van der Waals surface area contributed by atoms with Crippen molar-refractivity contribution in [3.63, 3.8) is 0 Å². The third-order valence-corrected chi connectivity index (χ3v) is 3.37. The fourth-order valence-corrected chi connectivity index (χ4v) is 2.36. The summed E-state index contributed by atoms with van der Waals surface area (Å²) >= 11 is 0. The van der Waals surface area contributed by atoms with Gasteiger partial charge in [-0.05, 0) is 38.2 Å². The van der Waals surface area contributed by atoms with Gasteiger partial charge in [-0.3, -0.25) is 9.48 Å². The third-order valence-electron chi connectivity index (χ3n) is 3.37. The standard InChI is InChI=1S/C14H20N2O2/c1-3-16-13(12(18-2)10-15-16)14(17)11-8-6-4-5-7-9-11/h8,10H,3-7,9H2,1-2H3. The number of methoxy groups -OCH3 is 1. The zero-order chi connectivity index (χ0) is 13.0. The maximum Gasteiger partial charge on any atom is 0.210 e. The molecule has 0 amide bonds. The van der Waals surface area contributed by atoms with Crippen LogP contribution < -0.4 is 4.74 Å². The van der Waals surface area contributed by atoms with E-state index in [1.165, 1.54) is 12.8 Å². The maximum atomic E-state index is 12.6. The van der Waals surface area contributed by atoms with Crippen LogP contribution >= 0.6 is 0 Å². The summed E-state index contributed by atoms with van der Waals surface area (Å²) in [4.78, 5) is 12.6. The number of hydrogen-bond donors (Lipinski definition) is 0. The molecular formula is C14H20N2O2. The highest BCUT2D eigenvalue weighted by atomic mass is 16.5. The number of rotatable bonds is 4. The molecule has 1 aliphatic carbocycles. The number of aryl methyl sites for hydroxylation is 1. The fraction of sp³-hybridized carbons (Fsp3) is 0.571. The van der Waals surface area contributed by atoms with Gasteiger partial charge in [-0.25, -0.2) is 0 Å². The first-order valence-corrected chi connectivity index (χ1v) is 6.61. The lowest BCUT2D eigenvalue weighted by Gasteiger charge is -2.08.